The molecule has 0 aliphatic rings. The van der Waals surface area contributed by atoms with E-state index in [9.17, 15) is 10.1 Å². The van der Waals surface area contributed by atoms with Crippen molar-refractivity contribution in [1.82, 2.24) is 15.0 Å². The van der Waals surface area contributed by atoms with Crippen LogP contribution in [-0.4, -0.2) is 19.9 Å². The van der Waals surface area contributed by atoms with Gasteiger partial charge in [-0.05, 0) is 35.6 Å². The van der Waals surface area contributed by atoms with Gasteiger partial charge in [0.2, 0.25) is 0 Å². The lowest BCUT2D eigenvalue weighted by molar-refractivity contribution is -0.384. The highest BCUT2D eigenvalue weighted by molar-refractivity contribution is 7.17. The van der Waals surface area contributed by atoms with Crippen LogP contribution in [0.25, 0.3) is 21.7 Å². The molecule has 4 rings (SSSR count). The average molecular weight is 377 g/mol. The van der Waals surface area contributed by atoms with Gasteiger partial charge in [-0.15, -0.1) is 11.3 Å². The monoisotopic (exact) mass is 377 g/mol. The van der Waals surface area contributed by atoms with Gasteiger partial charge in [-0.2, -0.15) is 0 Å². The molecule has 0 aliphatic heterocycles. The van der Waals surface area contributed by atoms with E-state index in [1.54, 1.807) is 29.7 Å². The minimum Gasteiger partial charge on any atom is -0.365 e. The lowest BCUT2D eigenvalue weighted by Gasteiger charge is -2.10. The molecule has 0 amide bonds. The number of benzene rings is 1. The number of nitrogens with zero attached hydrogens (tertiary/aromatic N) is 4. The number of anilines is 1. The molecule has 7 nitrogen and oxygen atoms in total. The number of thiophene rings is 1. The quantitative estimate of drug-likeness (QED) is 0.404. The van der Waals surface area contributed by atoms with Crippen molar-refractivity contribution < 1.29 is 4.92 Å². The van der Waals surface area contributed by atoms with Gasteiger partial charge in [-0.1, -0.05) is 18.2 Å². The maximum absolute atomic E-state index is 11.0. The fourth-order valence-electron chi connectivity index (χ4n) is 2.79. The Morgan fingerprint density at radius 2 is 2.07 bits per heavy atom. The third-order valence-corrected chi connectivity index (χ3v) is 5.08. The van der Waals surface area contributed by atoms with Crippen LogP contribution in [0.3, 0.4) is 0 Å². The van der Waals surface area contributed by atoms with Crippen molar-refractivity contribution in [3.05, 3.63) is 75.3 Å². The number of aryl methyl sites for hydroxylation is 1. The summed E-state index contributed by atoms with van der Waals surface area (Å²) in [6, 6.07) is 12.2. The number of rotatable bonds is 5. The lowest BCUT2D eigenvalue weighted by Crippen LogP contribution is -2.04. The number of aromatic nitrogens is 3. The molecule has 8 heteroatoms. The first-order valence-corrected chi connectivity index (χ1v) is 9.14. The molecule has 3 heterocycles. The molecule has 0 aliphatic carbocycles. The number of nitro groups is 1. The predicted octanol–water partition coefficient (Wildman–Crippen LogP) is 4.58. The minimum atomic E-state index is -0.394. The molecule has 0 radical (unpaired) electrons. The van der Waals surface area contributed by atoms with E-state index in [1.165, 1.54) is 6.07 Å². The van der Waals surface area contributed by atoms with Gasteiger partial charge < -0.3 is 5.32 Å². The summed E-state index contributed by atoms with van der Waals surface area (Å²) < 4.78 is 0. The molecule has 27 heavy (non-hydrogen) atoms. The van der Waals surface area contributed by atoms with Crippen LogP contribution in [0, 0.1) is 17.0 Å². The molecular formula is C19H15N5O2S. The van der Waals surface area contributed by atoms with Crippen molar-refractivity contribution in [3.63, 3.8) is 0 Å². The molecule has 0 unspecified atom stereocenters. The Morgan fingerprint density at radius 1 is 1.19 bits per heavy atom. The predicted molar refractivity (Wildman–Crippen MR) is 106 cm³/mol. The Morgan fingerprint density at radius 3 is 2.85 bits per heavy atom. The van der Waals surface area contributed by atoms with Crippen LogP contribution in [0.5, 0.6) is 0 Å². The summed E-state index contributed by atoms with van der Waals surface area (Å²) in [7, 11) is 0. The first-order chi connectivity index (χ1) is 13.1. The van der Waals surface area contributed by atoms with Gasteiger partial charge in [-0.3, -0.25) is 15.1 Å². The van der Waals surface area contributed by atoms with E-state index in [-0.39, 0.29) is 5.69 Å². The van der Waals surface area contributed by atoms with Gasteiger partial charge in [-0.25, -0.2) is 9.97 Å². The van der Waals surface area contributed by atoms with Crippen LogP contribution in [0.2, 0.25) is 0 Å². The summed E-state index contributed by atoms with van der Waals surface area (Å²) in [5, 5.41) is 17.3. The van der Waals surface area contributed by atoms with Crippen LogP contribution in [0.1, 0.15) is 11.1 Å². The van der Waals surface area contributed by atoms with E-state index < -0.39 is 4.92 Å². The zero-order chi connectivity index (χ0) is 18.8. The zero-order valence-corrected chi connectivity index (χ0v) is 15.2. The number of hydrogen-bond donors (Lipinski definition) is 1. The summed E-state index contributed by atoms with van der Waals surface area (Å²) in [6.45, 7) is 2.44. The second-order valence-electron chi connectivity index (χ2n) is 5.99. The average Bonchev–Trinajstić information content (AvgIpc) is 3.08. The summed E-state index contributed by atoms with van der Waals surface area (Å²) in [5.74, 6) is 1.25. The number of fused-ring (bicyclic) bond motifs is 1. The van der Waals surface area contributed by atoms with Gasteiger partial charge in [0.15, 0.2) is 5.82 Å². The summed E-state index contributed by atoms with van der Waals surface area (Å²) >= 11 is 1.56. The minimum absolute atomic E-state index is 0.0722. The standard InChI is InChI=1S/C19H15N5O2S/c1-12-11-27-19-16(12)18(22-17(23-19)15-7-2-3-8-20-15)21-10-13-5-4-6-14(9-13)24(25)26/h2-9,11H,10H2,1H3,(H,21,22,23). The highest BCUT2D eigenvalue weighted by Crippen LogP contribution is 2.31. The molecule has 0 bridgehead atoms. The molecule has 1 N–H and O–H groups in total. The fraction of sp³-hybridized carbons (Fsp3) is 0.105. The Labute approximate surface area is 158 Å². The maximum atomic E-state index is 11.0. The van der Waals surface area contributed by atoms with Gasteiger partial charge in [0.05, 0.1) is 10.3 Å². The lowest BCUT2D eigenvalue weighted by atomic mass is 10.2. The number of non-ortho nitro benzene ring substituents is 1. The summed E-state index contributed by atoms with van der Waals surface area (Å²) in [6.07, 6.45) is 1.71. The van der Waals surface area contributed by atoms with Crippen LogP contribution in [0.15, 0.2) is 54.0 Å². The molecule has 134 valence electrons. The van der Waals surface area contributed by atoms with E-state index in [2.05, 4.69) is 20.3 Å². The van der Waals surface area contributed by atoms with Crippen molar-refractivity contribution in [2.75, 3.05) is 5.32 Å². The smallest absolute Gasteiger partial charge is 0.269 e. The first-order valence-electron chi connectivity index (χ1n) is 8.26. The van der Waals surface area contributed by atoms with Crippen LogP contribution in [0.4, 0.5) is 11.5 Å². The molecule has 0 spiro atoms. The van der Waals surface area contributed by atoms with Crippen molar-refractivity contribution in [1.29, 1.82) is 0 Å². The van der Waals surface area contributed by atoms with Gasteiger partial charge in [0.1, 0.15) is 16.3 Å². The largest absolute Gasteiger partial charge is 0.365 e. The molecular weight excluding hydrogens is 362 g/mol. The van der Waals surface area contributed by atoms with Crippen molar-refractivity contribution >= 4 is 33.1 Å². The number of pyridine rings is 1. The van der Waals surface area contributed by atoms with Gasteiger partial charge in [0, 0.05) is 24.9 Å². The van der Waals surface area contributed by atoms with Crippen LogP contribution >= 0.6 is 11.3 Å². The maximum Gasteiger partial charge on any atom is 0.269 e. The van der Waals surface area contributed by atoms with E-state index in [1.807, 2.05) is 36.6 Å². The molecule has 1 aromatic carbocycles. The highest BCUT2D eigenvalue weighted by atomic mass is 32.1. The number of nitrogens with one attached hydrogen (secondary N) is 1. The molecule has 0 saturated carbocycles. The Kier molecular flexibility index (Phi) is 4.47. The van der Waals surface area contributed by atoms with Crippen LogP contribution < -0.4 is 5.32 Å². The zero-order valence-electron chi connectivity index (χ0n) is 14.4. The normalized spacial score (nSPS) is 10.9. The second kappa shape index (κ2) is 7.08. The number of nitro benzene ring substituents is 1. The SMILES string of the molecule is Cc1csc2nc(-c3ccccn3)nc(NCc3cccc([N+](=O)[O-])c3)c12. The van der Waals surface area contributed by atoms with Crippen molar-refractivity contribution in [2.45, 2.75) is 13.5 Å². The second-order valence-corrected chi connectivity index (χ2v) is 6.85. The summed E-state index contributed by atoms with van der Waals surface area (Å²) in [5.41, 5.74) is 2.67. The molecule has 0 atom stereocenters. The van der Waals surface area contributed by atoms with Crippen LogP contribution in [-0.2, 0) is 6.54 Å². The van der Waals surface area contributed by atoms with Crippen molar-refractivity contribution in [2.24, 2.45) is 0 Å². The molecule has 3 aromatic heterocycles. The first kappa shape index (κ1) is 17.0. The van der Waals surface area contributed by atoms with E-state index >= 15 is 0 Å². The molecule has 4 aromatic rings. The van der Waals surface area contributed by atoms with E-state index in [0.29, 0.717) is 23.9 Å². The summed E-state index contributed by atoms with van der Waals surface area (Å²) in [4.78, 5) is 25.1. The fourth-order valence-corrected chi connectivity index (χ4v) is 3.71. The molecule has 0 fully saturated rings. The third kappa shape index (κ3) is 3.47. The number of hydrogen-bond acceptors (Lipinski definition) is 7. The molecule has 0 saturated heterocycles. The van der Waals surface area contributed by atoms with Gasteiger partial charge >= 0.3 is 0 Å². The van der Waals surface area contributed by atoms with Crippen molar-refractivity contribution in [3.8, 4) is 11.5 Å². The Balaban J connectivity index is 1.71. The van der Waals surface area contributed by atoms with E-state index in [4.69, 9.17) is 0 Å². The Hall–Kier alpha value is -3.39. The Bertz CT molecular complexity index is 1130. The van der Waals surface area contributed by atoms with Gasteiger partial charge in [0.25, 0.3) is 5.69 Å². The highest BCUT2D eigenvalue weighted by Gasteiger charge is 2.14. The third-order valence-electron chi connectivity index (χ3n) is 4.09. The topological polar surface area (TPSA) is 93.8 Å². The van der Waals surface area contributed by atoms with E-state index in [0.717, 1.165) is 21.3 Å².